The molecule has 0 fully saturated rings. The molecule has 1 aromatic heterocycles. The first-order valence-corrected chi connectivity index (χ1v) is 5.87. The fourth-order valence-corrected chi connectivity index (χ4v) is 1.58. The number of furan rings is 1. The minimum atomic E-state index is -0.162. The molecule has 0 aliphatic heterocycles. The molecular weight excluding hydrogens is 220 g/mol. The van der Waals surface area contributed by atoms with E-state index in [9.17, 15) is 4.79 Å². The van der Waals surface area contributed by atoms with Crippen molar-refractivity contribution >= 4 is 5.91 Å². The zero-order valence-corrected chi connectivity index (χ0v) is 10.1. The van der Waals surface area contributed by atoms with Gasteiger partial charge in [-0.25, -0.2) is 0 Å². The van der Waals surface area contributed by atoms with Gasteiger partial charge in [-0.2, -0.15) is 0 Å². The number of aliphatic hydroxyl groups is 1. The number of nitrogens with two attached hydrogens (primary N) is 1. The number of hydrogen-bond donors (Lipinski definition) is 3. The Bertz CT molecular complexity index is 349. The largest absolute Gasteiger partial charge is 0.467 e. The molecule has 0 radical (unpaired) electrons. The van der Waals surface area contributed by atoms with E-state index in [2.05, 4.69) is 5.32 Å². The highest BCUT2D eigenvalue weighted by Gasteiger charge is 2.11. The van der Waals surface area contributed by atoms with Crippen LogP contribution in [0.4, 0.5) is 0 Å². The second-order valence-corrected chi connectivity index (χ2v) is 4.00. The number of aliphatic hydroxyl groups excluding tert-OH is 1. The minimum Gasteiger partial charge on any atom is -0.467 e. The van der Waals surface area contributed by atoms with Crippen LogP contribution >= 0.6 is 0 Å². The Labute approximate surface area is 101 Å². The molecule has 96 valence electrons. The Kier molecular flexibility index (Phi) is 5.72. The maximum atomic E-state index is 11.7. The van der Waals surface area contributed by atoms with Crippen LogP contribution in [0.3, 0.4) is 0 Å². The van der Waals surface area contributed by atoms with Crippen molar-refractivity contribution in [2.45, 2.75) is 26.3 Å². The molecule has 17 heavy (non-hydrogen) atoms. The van der Waals surface area contributed by atoms with E-state index < -0.39 is 0 Å². The van der Waals surface area contributed by atoms with Crippen LogP contribution < -0.4 is 11.1 Å². The molecule has 0 saturated carbocycles. The number of amides is 1. The lowest BCUT2D eigenvalue weighted by molar-refractivity contribution is 0.0943. The normalized spacial score (nSPS) is 12.4. The third-order valence-corrected chi connectivity index (χ3v) is 2.78. The molecule has 0 aromatic carbocycles. The summed E-state index contributed by atoms with van der Waals surface area (Å²) < 4.78 is 5.09. The number of hydrogen-bond acceptors (Lipinski definition) is 4. The quantitative estimate of drug-likeness (QED) is 0.660. The van der Waals surface area contributed by atoms with Crippen LogP contribution in [0.2, 0.25) is 0 Å². The molecule has 0 aliphatic rings. The topological polar surface area (TPSA) is 88.5 Å². The summed E-state index contributed by atoms with van der Waals surface area (Å²) in [6.45, 7) is 3.04. The third kappa shape index (κ3) is 4.20. The van der Waals surface area contributed by atoms with Crippen LogP contribution in [0.25, 0.3) is 0 Å². The van der Waals surface area contributed by atoms with Gasteiger partial charge in [0.2, 0.25) is 0 Å². The lowest BCUT2D eigenvalue weighted by atomic mass is 10.0. The van der Waals surface area contributed by atoms with E-state index in [4.69, 9.17) is 15.3 Å². The molecule has 4 N–H and O–H groups in total. The Morgan fingerprint density at radius 3 is 2.94 bits per heavy atom. The Hall–Kier alpha value is -1.33. The molecule has 0 aliphatic carbocycles. The highest BCUT2D eigenvalue weighted by Crippen LogP contribution is 2.09. The first-order valence-electron chi connectivity index (χ1n) is 5.87. The molecule has 0 bridgehead atoms. The summed E-state index contributed by atoms with van der Waals surface area (Å²) in [5.41, 5.74) is 5.88. The van der Waals surface area contributed by atoms with E-state index in [1.54, 1.807) is 6.07 Å². The van der Waals surface area contributed by atoms with Crippen molar-refractivity contribution in [2.24, 2.45) is 11.7 Å². The summed E-state index contributed by atoms with van der Waals surface area (Å²) in [6.07, 6.45) is 3.04. The van der Waals surface area contributed by atoms with Gasteiger partial charge in [0.15, 0.2) is 0 Å². The highest BCUT2D eigenvalue weighted by molar-refractivity contribution is 5.93. The number of carbonyl (C=O) groups excluding carboxylic acids is 1. The smallest absolute Gasteiger partial charge is 0.254 e. The lowest BCUT2D eigenvalue weighted by Gasteiger charge is -2.13. The van der Waals surface area contributed by atoms with Crippen LogP contribution in [0.1, 0.15) is 35.9 Å². The maximum Gasteiger partial charge on any atom is 0.254 e. The minimum absolute atomic E-state index is 0.150. The van der Waals surface area contributed by atoms with Crippen molar-refractivity contribution in [2.75, 3.05) is 13.2 Å². The van der Waals surface area contributed by atoms with Gasteiger partial charge >= 0.3 is 0 Å². The monoisotopic (exact) mass is 240 g/mol. The summed E-state index contributed by atoms with van der Waals surface area (Å²) in [5, 5.41) is 11.7. The zero-order chi connectivity index (χ0) is 12.7. The second kappa shape index (κ2) is 7.09. The van der Waals surface area contributed by atoms with E-state index in [1.165, 1.54) is 6.26 Å². The average molecular weight is 240 g/mol. The van der Waals surface area contributed by atoms with Crippen molar-refractivity contribution in [1.29, 1.82) is 0 Å². The predicted octanol–water partition coefficient (Wildman–Crippen LogP) is 0.877. The van der Waals surface area contributed by atoms with Crippen LogP contribution in [0.15, 0.2) is 16.7 Å². The summed E-state index contributed by atoms with van der Waals surface area (Å²) in [5.74, 6) is 0.743. The molecule has 1 atom stereocenters. The molecular formula is C12H20N2O3. The van der Waals surface area contributed by atoms with Crippen LogP contribution in [0.5, 0.6) is 0 Å². The number of rotatable bonds is 7. The van der Waals surface area contributed by atoms with Gasteiger partial charge in [0.1, 0.15) is 12.0 Å². The van der Waals surface area contributed by atoms with Crippen molar-refractivity contribution in [3.05, 3.63) is 23.7 Å². The summed E-state index contributed by atoms with van der Waals surface area (Å²) >= 11 is 0. The van der Waals surface area contributed by atoms with Crippen molar-refractivity contribution in [1.82, 2.24) is 5.32 Å². The van der Waals surface area contributed by atoms with Crippen LogP contribution in [0, 0.1) is 5.92 Å². The third-order valence-electron chi connectivity index (χ3n) is 2.78. The first-order chi connectivity index (χ1) is 8.21. The van der Waals surface area contributed by atoms with Gasteiger partial charge < -0.3 is 20.6 Å². The second-order valence-electron chi connectivity index (χ2n) is 4.00. The number of carbonyl (C=O) groups is 1. The molecule has 0 spiro atoms. The fourth-order valence-electron chi connectivity index (χ4n) is 1.58. The molecule has 5 nitrogen and oxygen atoms in total. The molecule has 1 amide bonds. The van der Waals surface area contributed by atoms with E-state index in [0.717, 1.165) is 6.42 Å². The van der Waals surface area contributed by atoms with Gasteiger partial charge in [0.05, 0.1) is 12.1 Å². The summed E-state index contributed by atoms with van der Waals surface area (Å²) in [7, 11) is 0. The van der Waals surface area contributed by atoms with Gasteiger partial charge in [-0.1, -0.05) is 13.3 Å². The van der Waals surface area contributed by atoms with E-state index in [-0.39, 0.29) is 19.1 Å². The Balaban J connectivity index is 2.43. The standard InChI is InChI=1S/C12H20N2O3/c1-2-9(3-4-15)7-14-12(16)10-5-11(6-13)17-8-10/h5,8-9,15H,2-4,6-7,13H2,1H3,(H,14,16). The maximum absolute atomic E-state index is 11.7. The SMILES string of the molecule is CCC(CCO)CNC(=O)c1coc(CN)c1. The molecule has 1 rings (SSSR count). The van der Waals surface area contributed by atoms with Crippen molar-refractivity contribution in [3.63, 3.8) is 0 Å². The van der Waals surface area contributed by atoms with Crippen molar-refractivity contribution < 1.29 is 14.3 Å². The molecule has 1 aromatic rings. The Morgan fingerprint density at radius 1 is 1.65 bits per heavy atom. The van der Waals surface area contributed by atoms with Gasteiger partial charge in [-0.3, -0.25) is 4.79 Å². The molecule has 1 heterocycles. The fraction of sp³-hybridized carbons (Fsp3) is 0.583. The zero-order valence-electron chi connectivity index (χ0n) is 10.1. The van der Waals surface area contributed by atoms with Crippen molar-refractivity contribution in [3.8, 4) is 0 Å². The van der Waals surface area contributed by atoms with Gasteiger partial charge in [-0.15, -0.1) is 0 Å². The average Bonchev–Trinajstić information content (AvgIpc) is 2.82. The van der Waals surface area contributed by atoms with Gasteiger partial charge in [0, 0.05) is 13.2 Å². The summed E-state index contributed by atoms with van der Waals surface area (Å²) in [4.78, 5) is 11.7. The number of nitrogens with one attached hydrogen (secondary N) is 1. The highest BCUT2D eigenvalue weighted by atomic mass is 16.3. The molecule has 0 saturated heterocycles. The van der Waals surface area contributed by atoms with E-state index in [1.807, 2.05) is 6.92 Å². The first kappa shape index (κ1) is 13.7. The summed E-state index contributed by atoms with van der Waals surface area (Å²) in [6, 6.07) is 1.64. The van der Waals surface area contributed by atoms with E-state index in [0.29, 0.717) is 30.2 Å². The Morgan fingerprint density at radius 2 is 2.41 bits per heavy atom. The van der Waals surface area contributed by atoms with Gasteiger partial charge in [-0.05, 0) is 18.4 Å². The lowest BCUT2D eigenvalue weighted by Crippen LogP contribution is -2.29. The predicted molar refractivity (Wildman–Crippen MR) is 64.4 cm³/mol. The van der Waals surface area contributed by atoms with Crippen LogP contribution in [-0.4, -0.2) is 24.2 Å². The van der Waals surface area contributed by atoms with E-state index >= 15 is 0 Å². The van der Waals surface area contributed by atoms with Gasteiger partial charge in [0.25, 0.3) is 5.91 Å². The van der Waals surface area contributed by atoms with Crippen LogP contribution in [-0.2, 0) is 6.54 Å². The molecule has 5 heteroatoms. The molecule has 1 unspecified atom stereocenters.